The smallest absolute Gasteiger partial charge is 0.333 e. The summed E-state index contributed by atoms with van der Waals surface area (Å²) in [5, 5.41) is 9.87. The third-order valence-corrected chi connectivity index (χ3v) is 4.39. The molecule has 0 aromatic rings. The van der Waals surface area contributed by atoms with Crippen molar-refractivity contribution in [1.29, 1.82) is 0 Å². The molecule has 90 valence electrons. The average molecular weight is 224 g/mol. The Labute approximate surface area is 96.5 Å². The van der Waals surface area contributed by atoms with Crippen molar-refractivity contribution in [2.24, 2.45) is 17.3 Å². The number of hydrogen-bond donors (Lipinski definition) is 1. The van der Waals surface area contributed by atoms with Gasteiger partial charge in [-0.3, -0.25) is 0 Å². The minimum atomic E-state index is -0.307. The van der Waals surface area contributed by atoms with E-state index in [0.29, 0.717) is 5.57 Å². The summed E-state index contributed by atoms with van der Waals surface area (Å²) in [6.07, 6.45) is 1.33. The van der Waals surface area contributed by atoms with Crippen LogP contribution in [0, 0.1) is 17.3 Å². The van der Waals surface area contributed by atoms with Crippen LogP contribution in [0.1, 0.15) is 33.6 Å². The summed E-state index contributed by atoms with van der Waals surface area (Å²) < 4.78 is 5.35. The zero-order valence-corrected chi connectivity index (χ0v) is 10.2. The Bertz CT molecular complexity index is 316. The fourth-order valence-corrected chi connectivity index (χ4v) is 3.21. The lowest BCUT2D eigenvalue weighted by molar-refractivity contribution is -0.218. The number of rotatable bonds is 2. The quantitative estimate of drug-likeness (QED) is 0.575. The first kappa shape index (κ1) is 11.6. The van der Waals surface area contributed by atoms with Gasteiger partial charge in [-0.15, -0.1) is 0 Å². The molecule has 0 aliphatic heterocycles. The number of esters is 1. The minimum absolute atomic E-state index is 0.0318. The van der Waals surface area contributed by atoms with Crippen molar-refractivity contribution in [2.45, 2.75) is 45.8 Å². The first-order chi connectivity index (χ1) is 7.34. The summed E-state index contributed by atoms with van der Waals surface area (Å²) >= 11 is 0. The molecule has 0 amide bonds. The summed E-state index contributed by atoms with van der Waals surface area (Å²) in [5.74, 6) is 0.238. The third-order valence-electron chi connectivity index (χ3n) is 4.39. The monoisotopic (exact) mass is 224 g/mol. The van der Waals surface area contributed by atoms with Crippen LogP contribution in [0.25, 0.3) is 0 Å². The Morgan fingerprint density at radius 3 is 2.25 bits per heavy atom. The van der Waals surface area contributed by atoms with Gasteiger partial charge in [0.25, 0.3) is 0 Å². The second-order valence-corrected chi connectivity index (χ2v) is 5.80. The van der Waals surface area contributed by atoms with Gasteiger partial charge in [0.05, 0.1) is 6.10 Å². The minimum Gasteiger partial charge on any atom is -0.459 e. The molecular formula is C13H20O3. The summed E-state index contributed by atoms with van der Waals surface area (Å²) in [6, 6.07) is 0. The predicted molar refractivity (Wildman–Crippen MR) is 60.7 cm³/mol. The maximum Gasteiger partial charge on any atom is 0.333 e. The zero-order valence-electron chi connectivity index (χ0n) is 10.2. The van der Waals surface area contributed by atoms with Crippen molar-refractivity contribution >= 4 is 5.97 Å². The van der Waals surface area contributed by atoms with Crippen molar-refractivity contribution in [3.05, 3.63) is 12.2 Å². The van der Waals surface area contributed by atoms with Crippen LogP contribution in [0.5, 0.6) is 0 Å². The molecule has 3 fully saturated rings. The highest BCUT2D eigenvalue weighted by molar-refractivity contribution is 5.87. The van der Waals surface area contributed by atoms with Gasteiger partial charge in [0.2, 0.25) is 0 Å². The summed E-state index contributed by atoms with van der Waals surface area (Å²) in [5.41, 5.74) is 0.644. The lowest BCUT2D eigenvalue weighted by Crippen LogP contribution is -2.63. The molecule has 2 unspecified atom stereocenters. The van der Waals surface area contributed by atoms with E-state index in [4.69, 9.17) is 4.74 Å². The molecule has 0 aromatic heterocycles. The molecule has 3 heteroatoms. The van der Waals surface area contributed by atoms with Gasteiger partial charge in [0.1, 0.15) is 6.10 Å². The van der Waals surface area contributed by atoms with Crippen molar-refractivity contribution in [3.8, 4) is 0 Å². The zero-order chi connectivity index (χ0) is 12.1. The molecule has 0 spiro atoms. The second kappa shape index (κ2) is 3.59. The molecule has 0 saturated heterocycles. The topological polar surface area (TPSA) is 46.5 Å². The molecule has 0 heterocycles. The highest BCUT2D eigenvalue weighted by Gasteiger charge is 2.60. The van der Waals surface area contributed by atoms with Crippen molar-refractivity contribution < 1.29 is 14.6 Å². The van der Waals surface area contributed by atoms with Crippen LogP contribution in [0.15, 0.2) is 12.2 Å². The van der Waals surface area contributed by atoms with Gasteiger partial charge >= 0.3 is 5.97 Å². The molecule has 3 aliphatic rings. The van der Waals surface area contributed by atoms with E-state index in [2.05, 4.69) is 20.4 Å². The third kappa shape index (κ3) is 1.58. The van der Waals surface area contributed by atoms with Gasteiger partial charge in [-0.2, -0.15) is 0 Å². The number of carbonyl (C=O) groups is 1. The summed E-state index contributed by atoms with van der Waals surface area (Å²) in [4.78, 5) is 11.4. The number of aliphatic hydroxyl groups is 1. The van der Waals surface area contributed by atoms with E-state index in [9.17, 15) is 9.90 Å². The maximum atomic E-state index is 11.4. The van der Waals surface area contributed by atoms with Crippen LogP contribution < -0.4 is 0 Å². The number of carbonyl (C=O) groups excluding carboxylic acids is 1. The Morgan fingerprint density at radius 1 is 1.38 bits per heavy atom. The van der Waals surface area contributed by atoms with E-state index in [0.717, 1.165) is 12.8 Å². The van der Waals surface area contributed by atoms with Crippen LogP contribution in [-0.4, -0.2) is 23.3 Å². The molecule has 1 N–H and O–H groups in total. The summed E-state index contributed by atoms with van der Waals surface area (Å²) in [7, 11) is 0. The Morgan fingerprint density at radius 2 is 1.88 bits per heavy atom. The fourth-order valence-electron chi connectivity index (χ4n) is 3.21. The molecule has 2 bridgehead atoms. The molecule has 0 radical (unpaired) electrons. The van der Waals surface area contributed by atoms with Crippen LogP contribution >= 0.6 is 0 Å². The second-order valence-electron chi connectivity index (χ2n) is 5.80. The van der Waals surface area contributed by atoms with Crippen LogP contribution in [-0.2, 0) is 9.53 Å². The number of fused-ring (bicyclic) bond motifs is 2. The van der Waals surface area contributed by atoms with Crippen LogP contribution in [0.4, 0.5) is 0 Å². The van der Waals surface area contributed by atoms with Crippen molar-refractivity contribution in [3.63, 3.8) is 0 Å². The highest BCUT2D eigenvalue weighted by atomic mass is 16.5. The van der Waals surface area contributed by atoms with E-state index in [1.807, 2.05) is 0 Å². The first-order valence-electron chi connectivity index (χ1n) is 5.88. The van der Waals surface area contributed by atoms with E-state index < -0.39 is 0 Å². The van der Waals surface area contributed by atoms with Gasteiger partial charge in [0.15, 0.2) is 0 Å². The standard InChI is InChI=1S/C13H20O3/c1-7(2)12(15)16-8-5-9-11(14)10(6-8)13(9,3)4/h8-11,14H,1,5-6H2,2-4H3. The maximum absolute atomic E-state index is 11.4. The van der Waals surface area contributed by atoms with Crippen LogP contribution in [0.2, 0.25) is 0 Å². The Hall–Kier alpha value is -0.830. The highest BCUT2D eigenvalue weighted by Crippen LogP contribution is 2.59. The average Bonchev–Trinajstić information content (AvgIpc) is 2.20. The van der Waals surface area contributed by atoms with Crippen molar-refractivity contribution in [1.82, 2.24) is 0 Å². The Balaban J connectivity index is 1.96. The number of ether oxygens (including phenoxy) is 1. The SMILES string of the molecule is C=C(C)C(=O)OC1CC2C(O)C(C1)C2(C)C. The van der Waals surface area contributed by atoms with E-state index in [1.54, 1.807) is 6.92 Å². The normalized spacial score (nSPS) is 39.8. The van der Waals surface area contributed by atoms with E-state index >= 15 is 0 Å². The molecule has 2 atom stereocenters. The van der Waals surface area contributed by atoms with Crippen molar-refractivity contribution in [2.75, 3.05) is 0 Å². The van der Waals surface area contributed by atoms with Gasteiger partial charge < -0.3 is 9.84 Å². The molecule has 3 rings (SSSR count). The molecule has 3 saturated carbocycles. The predicted octanol–water partition coefficient (Wildman–Crippen LogP) is 1.90. The molecule has 0 aromatic carbocycles. The fraction of sp³-hybridized carbons (Fsp3) is 0.769. The molecule has 16 heavy (non-hydrogen) atoms. The van der Waals surface area contributed by atoms with E-state index in [-0.39, 0.29) is 35.4 Å². The van der Waals surface area contributed by atoms with Gasteiger partial charge in [0, 0.05) is 5.57 Å². The molecule has 3 aliphatic carbocycles. The number of hydrogen-bond acceptors (Lipinski definition) is 3. The lowest BCUT2D eigenvalue weighted by atomic mass is 9.46. The lowest BCUT2D eigenvalue weighted by Gasteiger charge is -2.61. The Kier molecular flexibility index (Phi) is 2.61. The summed E-state index contributed by atoms with van der Waals surface area (Å²) in [6.45, 7) is 9.60. The molecular weight excluding hydrogens is 204 g/mol. The first-order valence-corrected chi connectivity index (χ1v) is 5.88. The van der Waals surface area contributed by atoms with Gasteiger partial charge in [-0.25, -0.2) is 4.79 Å². The van der Waals surface area contributed by atoms with Gasteiger partial charge in [-0.05, 0) is 37.0 Å². The number of aliphatic hydroxyl groups excluding tert-OH is 1. The van der Waals surface area contributed by atoms with Gasteiger partial charge in [-0.1, -0.05) is 20.4 Å². The largest absolute Gasteiger partial charge is 0.459 e. The van der Waals surface area contributed by atoms with E-state index in [1.165, 1.54) is 0 Å². The molecule has 3 nitrogen and oxygen atoms in total. The van der Waals surface area contributed by atoms with Crippen LogP contribution in [0.3, 0.4) is 0 Å².